The van der Waals surface area contributed by atoms with Crippen LogP contribution in [0.5, 0.6) is 5.75 Å². The van der Waals surface area contributed by atoms with Gasteiger partial charge in [-0.25, -0.2) is 9.55 Å². The van der Waals surface area contributed by atoms with Crippen molar-refractivity contribution in [3.05, 3.63) is 42.7 Å². The van der Waals surface area contributed by atoms with Crippen molar-refractivity contribution in [3.63, 3.8) is 0 Å². The van der Waals surface area contributed by atoms with Gasteiger partial charge in [0, 0.05) is 6.42 Å². The Bertz CT molecular complexity index is 1140. The van der Waals surface area contributed by atoms with Gasteiger partial charge in [-0.15, -0.1) is 6.42 Å². The van der Waals surface area contributed by atoms with E-state index in [0.29, 0.717) is 5.75 Å². The Morgan fingerprint density at radius 1 is 1.43 bits per heavy atom. The summed E-state index contributed by atoms with van der Waals surface area (Å²) in [6.45, 7) is -0.385. The van der Waals surface area contributed by atoms with Crippen molar-refractivity contribution in [2.75, 3.05) is 12.3 Å². The van der Waals surface area contributed by atoms with Crippen LogP contribution in [0.3, 0.4) is 0 Å². The van der Waals surface area contributed by atoms with Crippen LogP contribution in [0.4, 0.5) is 10.2 Å². The van der Waals surface area contributed by atoms with Crippen molar-refractivity contribution >= 4 is 25.2 Å². The number of nitrogens with zero attached hydrogens (tertiary/aromatic N) is 4. The average Bonchev–Trinajstić information content (AvgIpc) is 3.29. The number of aromatic nitrogens is 4. The van der Waals surface area contributed by atoms with Crippen molar-refractivity contribution in [2.45, 2.75) is 24.4 Å². The Hall–Kier alpha value is -3.03. The van der Waals surface area contributed by atoms with Crippen LogP contribution in [-0.2, 0) is 13.8 Å². The Morgan fingerprint density at radius 3 is 2.93 bits per heavy atom. The third-order valence-corrected chi connectivity index (χ3v) is 5.42. The maximum atomic E-state index is 13.6. The zero-order chi connectivity index (χ0) is 21.3. The maximum absolute atomic E-state index is 13.6. The molecule has 1 saturated heterocycles. The predicted molar refractivity (Wildman–Crippen MR) is 104 cm³/mol. The van der Waals surface area contributed by atoms with Crippen LogP contribution >= 0.6 is 8.25 Å². The summed E-state index contributed by atoms with van der Waals surface area (Å²) in [5.74, 6) is 2.61. The van der Waals surface area contributed by atoms with E-state index in [0.717, 1.165) is 0 Å². The van der Waals surface area contributed by atoms with E-state index in [4.69, 9.17) is 25.9 Å². The third kappa shape index (κ3) is 3.74. The topological polar surface area (TPSA) is 135 Å². The molecule has 30 heavy (non-hydrogen) atoms. The van der Waals surface area contributed by atoms with Crippen LogP contribution < -0.4 is 10.3 Å². The standard InChI is InChI=1S/C18H17FN5O5P/c1-2-18(9-27-30(26)29-11-6-4-3-5-7-11)12(25)8-13(28-18)24-10-21-14-15(20)22-17(19)23-16(14)24/h1,3-7,10,12-13,25,30H,8-9H2,(H2,20,22,23)/t12-,13+,18+/m0/s1. The largest absolute Gasteiger partial charge is 0.426 e. The second kappa shape index (κ2) is 8.01. The second-order valence-electron chi connectivity index (χ2n) is 6.51. The van der Waals surface area contributed by atoms with E-state index in [1.165, 1.54) is 10.9 Å². The first-order valence-electron chi connectivity index (χ1n) is 8.81. The molecule has 1 unspecified atom stereocenters. The lowest BCUT2D eigenvalue weighted by atomic mass is 9.99. The fourth-order valence-electron chi connectivity index (χ4n) is 3.13. The van der Waals surface area contributed by atoms with Crippen molar-refractivity contribution in [1.29, 1.82) is 0 Å². The minimum absolute atomic E-state index is 0.0328. The van der Waals surface area contributed by atoms with Crippen molar-refractivity contribution < 1.29 is 27.8 Å². The molecular formula is C18H17FN5O5P. The highest BCUT2D eigenvalue weighted by Crippen LogP contribution is 2.40. The van der Waals surface area contributed by atoms with Crippen LogP contribution in [0.2, 0.25) is 0 Å². The summed E-state index contributed by atoms with van der Waals surface area (Å²) in [6, 6.07) is 8.46. The molecule has 2 aromatic heterocycles. The lowest BCUT2D eigenvalue weighted by Gasteiger charge is -2.26. The summed E-state index contributed by atoms with van der Waals surface area (Å²) in [5.41, 5.74) is 4.34. The monoisotopic (exact) mass is 433 g/mol. The molecule has 0 aliphatic carbocycles. The molecule has 0 radical (unpaired) electrons. The lowest BCUT2D eigenvalue weighted by Crippen LogP contribution is -2.42. The van der Waals surface area contributed by atoms with E-state index >= 15 is 0 Å². The van der Waals surface area contributed by atoms with E-state index in [2.05, 4.69) is 20.9 Å². The first-order chi connectivity index (χ1) is 14.4. The fraction of sp³-hybridized carbons (Fsp3) is 0.278. The van der Waals surface area contributed by atoms with Gasteiger partial charge in [-0.2, -0.15) is 14.4 Å². The zero-order valence-corrected chi connectivity index (χ0v) is 16.4. The zero-order valence-electron chi connectivity index (χ0n) is 15.4. The number of ether oxygens (including phenoxy) is 1. The first kappa shape index (κ1) is 20.3. The molecule has 10 nitrogen and oxygen atoms in total. The number of imidazole rings is 1. The predicted octanol–water partition coefficient (Wildman–Crippen LogP) is 1.68. The van der Waals surface area contributed by atoms with Crippen LogP contribution in [0.15, 0.2) is 36.7 Å². The number of benzene rings is 1. The first-order valence-corrected chi connectivity index (χ1v) is 10.0. The number of halogens is 1. The fourth-order valence-corrected chi connectivity index (χ4v) is 3.84. The average molecular weight is 433 g/mol. The van der Waals surface area contributed by atoms with Gasteiger partial charge in [0.1, 0.15) is 24.7 Å². The van der Waals surface area contributed by atoms with E-state index < -0.39 is 32.3 Å². The quantitative estimate of drug-likeness (QED) is 0.338. The molecule has 4 rings (SSSR count). The highest BCUT2D eigenvalue weighted by molar-refractivity contribution is 7.33. The number of para-hydroxylation sites is 1. The molecule has 1 fully saturated rings. The molecule has 3 N–H and O–H groups in total. The van der Waals surface area contributed by atoms with E-state index in [1.807, 2.05) is 0 Å². The van der Waals surface area contributed by atoms with Crippen molar-refractivity contribution in [2.24, 2.45) is 0 Å². The number of nitrogen functional groups attached to an aromatic ring is 1. The summed E-state index contributed by atoms with van der Waals surface area (Å²) in [6.07, 6.45) is 3.94. The molecule has 0 saturated carbocycles. The molecule has 0 spiro atoms. The highest BCUT2D eigenvalue weighted by Gasteiger charge is 2.49. The van der Waals surface area contributed by atoms with Crippen molar-refractivity contribution in [3.8, 4) is 18.1 Å². The van der Waals surface area contributed by atoms with Gasteiger partial charge >= 0.3 is 14.3 Å². The molecular weight excluding hydrogens is 416 g/mol. The molecule has 3 heterocycles. The summed E-state index contributed by atoms with van der Waals surface area (Å²) < 4.78 is 43.4. The smallest absolute Gasteiger partial charge is 0.367 e. The number of rotatable bonds is 6. The van der Waals surface area contributed by atoms with Crippen LogP contribution in [0.25, 0.3) is 11.2 Å². The number of aliphatic hydroxyl groups excluding tert-OH is 1. The van der Waals surface area contributed by atoms with Gasteiger partial charge in [0.05, 0.1) is 6.33 Å². The summed E-state index contributed by atoms with van der Waals surface area (Å²) in [4.78, 5) is 11.2. The van der Waals surface area contributed by atoms with E-state index in [-0.39, 0.29) is 30.0 Å². The number of hydrogen-bond donors (Lipinski definition) is 2. The van der Waals surface area contributed by atoms with Gasteiger partial charge in [-0.3, -0.25) is 9.09 Å². The molecule has 0 bridgehead atoms. The third-order valence-electron chi connectivity index (χ3n) is 4.63. The Labute approximate surface area is 170 Å². The molecule has 1 aliphatic rings. The molecule has 156 valence electrons. The molecule has 3 aromatic rings. The summed E-state index contributed by atoms with van der Waals surface area (Å²) in [5, 5.41) is 10.5. The van der Waals surface area contributed by atoms with Gasteiger partial charge in [0.15, 0.2) is 22.6 Å². The van der Waals surface area contributed by atoms with Gasteiger partial charge in [0.2, 0.25) is 0 Å². The number of fused-ring (bicyclic) bond motifs is 1. The number of nitrogens with two attached hydrogens (primary N) is 1. The van der Waals surface area contributed by atoms with E-state index in [9.17, 15) is 14.1 Å². The van der Waals surface area contributed by atoms with Gasteiger partial charge in [-0.05, 0) is 12.1 Å². The molecule has 4 atom stereocenters. The number of anilines is 1. The molecule has 12 heteroatoms. The lowest BCUT2D eigenvalue weighted by molar-refractivity contribution is -0.0841. The van der Waals surface area contributed by atoms with Gasteiger partial charge < -0.3 is 20.1 Å². The highest BCUT2D eigenvalue weighted by atomic mass is 31.1. The number of terminal acetylenes is 1. The maximum Gasteiger partial charge on any atom is 0.367 e. The minimum Gasteiger partial charge on any atom is -0.426 e. The number of aliphatic hydroxyl groups is 1. The van der Waals surface area contributed by atoms with E-state index in [1.54, 1.807) is 30.3 Å². The molecule has 1 aliphatic heterocycles. The minimum atomic E-state index is -2.96. The van der Waals surface area contributed by atoms with Crippen LogP contribution in [0.1, 0.15) is 12.6 Å². The Balaban J connectivity index is 1.50. The van der Waals surface area contributed by atoms with Crippen LogP contribution in [-0.4, -0.2) is 42.9 Å². The summed E-state index contributed by atoms with van der Waals surface area (Å²) in [7, 11) is -2.96. The van der Waals surface area contributed by atoms with Crippen molar-refractivity contribution in [1.82, 2.24) is 19.5 Å². The number of hydrogen-bond acceptors (Lipinski definition) is 9. The molecule has 0 amide bonds. The molecule has 1 aromatic carbocycles. The summed E-state index contributed by atoms with van der Waals surface area (Å²) >= 11 is 0. The van der Waals surface area contributed by atoms with Gasteiger partial charge in [-0.1, -0.05) is 24.1 Å². The Morgan fingerprint density at radius 2 is 2.20 bits per heavy atom. The normalized spacial score (nSPS) is 24.6. The second-order valence-corrected chi connectivity index (χ2v) is 7.51. The Kier molecular flexibility index (Phi) is 5.40. The van der Waals surface area contributed by atoms with Gasteiger partial charge in [0.25, 0.3) is 0 Å². The SMILES string of the molecule is C#C[C@]1(CO[PH](=O)Oc2ccccc2)O[C@@H](n2cnc3c(N)nc(F)nc32)C[C@@H]1O. The van der Waals surface area contributed by atoms with Crippen LogP contribution in [0, 0.1) is 18.4 Å².